The molecule has 0 aliphatic heterocycles. The van der Waals surface area contributed by atoms with Gasteiger partial charge in [0.25, 0.3) is 0 Å². The van der Waals surface area contributed by atoms with E-state index in [2.05, 4.69) is 9.71 Å². The molecular weight excluding hydrogens is 302 g/mol. The molecule has 0 fully saturated rings. The summed E-state index contributed by atoms with van der Waals surface area (Å²) >= 11 is 0. The lowest BCUT2D eigenvalue weighted by atomic mass is 10.2. The Morgan fingerprint density at radius 2 is 2.00 bits per heavy atom. The number of imidazole rings is 1. The Bertz CT molecular complexity index is 693. The van der Waals surface area contributed by atoms with Crippen LogP contribution in [0.25, 0.3) is 0 Å². The van der Waals surface area contributed by atoms with Gasteiger partial charge in [-0.25, -0.2) is 18.1 Å². The van der Waals surface area contributed by atoms with Crippen LogP contribution in [0.4, 0.5) is 0 Å². The molecule has 0 saturated heterocycles. The fourth-order valence-corrected chi connectivity index (χ4v) is 3.04. The molecule has 0 amide bonds. The Kier molecular flexibility index (Phi) is 5.70. The molecule has 1 aromatic heterocycles. The van der Waals surface area contributed by atoms with Gasteiger partial charge >= 0.3 is 0 Å². The van der Waals surface area contributed by atoms with Gasteiger partial charge in [0.15, 0.2) is 0 Å². The van der Waals surface area contributed by atoms with E-state index in [-0.39, 0.29) is 11.4 Å². The molecule has 0 aliphatic rings. The van der Waals surface area contributed by atoms with E-state index in [1.54, 1.807) is 31.8 Å². The number of nitrogens with zero attached hydrogens (tertiary/aromatic N) is 2. The average Bonchev–Trinajstić information content (AvgIpc) is 2.98. The van der Waals surface area contributed by atoms with Crippen LogP contribution in [0.1, 0.15) is 18.2 Å². The Morgan fingerprint density at radius 3 is 2.64 bits per heavy atom. The Labute approximate surface area is 131 Å². The minimum atomic E-state index is -3.52. The second kappa shape index (κ2) is 7.53. The number of benzene rings is 1. The van der Waals surface area contributed by atoms with Crippen LogP contribution >= 0.6 is 0 Å². The van der Waals surface area contributed by atoms with Crippen LogP contribution in [0.15, 0.2) is 41.7 Å². The number of aryl methyl sites for hydroxylation is 1. The van der Waals surface area contributed by atoms with Crippen molar-refractivity contribution < 1.29 is 13.2 Å². The maximum Gasteiger partial charge on any atom is 0.240 e. The summed E-state index contributed by atoms with van der Waals surface area (Å²) in [6.07, 6.45) is 4.20. The predicted octanol–water partition coefficient (Wildman–Crippen LogP) is 1.57. The van der Waals surface area contributed by atoms with E-state index >= 15 is 0 Å². The minimum Gasteiger partial charge on any atom is -0.383 e. The predicted molar refractivity (Wildman–Crippen MR) is 83.9 cm³/mol. The summed E-state index contributed by atoms with van der Waals surface area (Å²) in [5.74, 6) is 0. The first-order chi connectivity index (χ1) is 10.6. The summed E-state index contributed by atoms with van der Waals surface area (Å²) in [4.78, 5) is 4.31. The number of hydrogen-bond donors (Lipinski definition) is 1. The molecule has 1 N–H and O–H groups in total. The largest absolute Gasteiger partial charge is 0.383 e. The van der Waals surface area contributed by atoms with E-state index in [0.29, 0.717) is 13.2 Å². The van der Waals surface area contributed by atoms with Crippen LogP contribution in [0.2, 0.25) is 0 Å². The van der Waals surface area contributed by atoms with E-state index < -0.39 is 10.0 Å². The zero-order valence-electron chi connectivity index (χ0n) is 12.8. The molecule has 2 aromatic rings. The number of aromatic nitrogens is 2. The van der Waals surface area contributed by atoms with Gasteiger partial charge in [-0.2, -0.15) is 0 Å². The van der Waals surface area contributed by atoms with Crippen LogP contribution in [0, 0.1) is 0 Å². The lowest BCUT2D eigenvalue weighted by Crippen LogP contribution is -2.24. The van der Waals surface area contributed by atoms with E-state index in [1.165, 1.54) is 0 Å². The van der Waals surface area contributed by atoms with Crippen molar-refractivity contribution in [2.24, 2.45) is 0 Å². The smallest absolute Gasteiger partial charge is 0.240 e. The molecule has 2 rings (SSSR count). The van der Waals surface area contributed by atoms with Crippen LogP contribution in [-0.2, 0) is 34.3 Å². The monoisotopic (exact) mass is 323 g/mol. The first kappa shape index (κ1) is 16.7. The van der Waals surface area contributed by atoms with Gasteiger partial charge in [0, 0.05) is 19.9 Å². The summed E-state index contributed by atoms with van der Waals surface area (Å²) in [6.45, 7) is 3.41. The summed E-state index contributed by atoms with van der Waals surface area (Å²) in [5, 5.41) is 0. The SMILES string of the molecule is CCc1ccc(S(=O)(=O)NCc2cncn2CCOC)cc1. The van der Waals surface area contributed by atoms with Gasteiger partial charge in [-0.15, -0.1) is 0 Å². The molecule has 22 heavy (non-hydrogen) atoms. The number of methoxy groups -OCH3 is 1. The van der Waals surface area contributed by atoms with Crippen molar-refractivity contribution in [2.45, 2.75) is 31.3 Å². The Hall–Kier alpha value is -1.70. The average molecular weight is 323 g/mol. The first-order valence-electron chi connectivity index (χ1n) is 7.13. The molecule has 0 bridgehead atoms. The quantitative estimate of drug-likeness (QED) is 0.800. The van der Waals surface area contributed by atoms with Crippen molar-refractivity contribution in [3.05, 3.63) is 48.0 Å². The van der Waals surface area contributed by atoms with Gasteiger partial charge in [0.05, 0.1) is 30.1 Å². The molecule has 1 heterocycles. The second-order valence-electron chi connectivity index (χ2n) is 4.89. The highest BCUT2D eigenvalue weighted by Gasteiger charge is 2.14. The van der Waals surface area contributed by atoms with Gasteiger partial charge in [0.2, 0.25) is 10.0 Å². The second-order valence-corrected chi connectivity index (χ2v) is 6.66. The zero-order valence-corrected chi connectivity index (χ0v) is 13.6. The number of ether oxygens (including phenoxy) is 1. The summed E-state index contributed by atoms with van der Waals surface area (Å²) < 4.78 is 34.1. The fraction of sp³-hybridized carbons (Fsp3) is 0.400. The normalized spacial score (nSPS) is 11.7. The molecule has 0 spiro atoms. The molecule has 0 radical (unpaired) electrons. The molecule has 6 nitrogen and oxygen atoms in total. The fourth-order valence-electron chi connectivity index (χ4n) is 2.04. The lowest BCUT2D eigenvalue weighted by Gasteiger charge is -2.10. The molecule has 0 atom stereocenters. The number of hydrogen-bond acceptors (Lipinski definition) is 4. The number of nitrogens with one attached hydrogen (secondary N) is 1. The first-order valence-corrected chi connectivity index (χ1v) is 8.61. The molecule has 120 valence electrons. The maximum absolute atomic E-state index is 12.3. The van der Waals surface area contributed by atoms with Crippen molar-refractivity contribution in [1.82, 2.24) is 14.3 Å². The van der Waals surface area contributed by atoms with E-state index in [1.807, 2.05) is 23.6 Å². The van der Waals surface area contributed by atoms with Gasteiger partial charge in [-0.05, 0) is 24.1 Å². The van der Waals surface area contributed by atoms with Crippen molar-refractivity contribution in [3.63, 3.8) is 0 Å². The van der Waals surface area contributed by atoms with Gasteiger partial charge < -0.3 is 9.30 Å². The van der Waals surface area contributed by atoms with Crippen LogP contribution < -0.4 is 4.72 Å². The van der Waals surface area contributed by atoms with Crippen molar-refractivity contribution in [2.75, 3.05) is 13.7 Å². The van der Waals surface area contributed by atoms with Gasteiger partial charge in [-0.1, -0.05) is 19.1 Å². The van der Waals surface area contributed by atoms with E-state index in [9.17, 15) is 8.42 Å². The van der Waals surface area contributed by atoms with Crippen molar-refractivity contribution >= 4 is 10.0 Å². The molecule has 0 saturated carbocycles. The highest BCUT2D eigenvalue weighted by atomic mass is 32.2. The lowest BCUT2D eigenvalue weighted by molar-refractivity contribution is 0.186. The standard InChI is InChI=1S/C15H21N3O3S/c1-3-13-4-6-15(7-5-13)22(19,20)17-11-14-10-16-12-18(14)8-9-21-2/h4-7,10,12,17H,3,8-9,11H2,1-2H3. The third kappa shape index (κ3) is 4.16. The van der Waals surface area contributed by atoms with Crippen LogP contribution in [0.5, 0.6) is 0 Å². The highest BCUT2D eigenvalue weighted by molar-refractivity contribution is 7.89. The summed E-state index contributed by atoms with van der Waals surface area (Å²) in [7, 11) is -1.90. The molecule has 1 aromatic carbocycles. The molecular formula is C15H21N3O3S. The van der Waals surface area contributed by atoms with Crippen molar-refractivity contribution in [1.29, 1.82) is 0 Å². The zero-order chi connectivity index (χ0) is 16.0. The number of rotatable bonds is 8. The number of sulfonamides is 1. The van der Waals surface area contributed by atoms with E-state index in [0.717, 1.165) is 17.7 Å². The topological polar surface area (TPSA) is 73.2 Å². The van der Waals surface area contributed by atoms with E-state index in [4.69, 9.17) is 4.74 Å². The van der Waals surface area contributed by atoms with Crippen molar-refractivity contribution in [3.8, 4) is 0 Å². The Morgan fingerprint density at radius 1 is 1.27 bits per heavy atom. The van der Waals surface area contributed by atoms with Gasteiger partial charge in [-0.3, -0.25) is 0 Å². The Balaban J connectivity index is 2.04. The molecule has 0 aliphatic carbocycles. The molecule has 7 heteroatoms. The van der Waals surface area contributed by atoms with Gasteiger partial charge in [0.1, 0.15) is 0 Å². The highest BCUT2D eigenvalue weighted by Crippen LogP contribution is 2.11. The minimum absolute atomic E-state index is 0.196. The maximum atomic E-state index is 12.3. The summed E-state index contributed by atoms with van der Waals surface area (Å²) in [5.41, 5.74) is 1.90. The van der Waals surface area contributed by atoms with Crippen LogP contribution in [0.3, 0.4) is 0 Å². The molecule has 0 unspecified atom stereocenters. The third-order valence-electron chi connectivity index (χ3n) is 3.42. The van der Waals surface area contributed by atoms with Crippen LogP contribution in [-0.4, -0.2) is 31.7 Å². The summed E-state index contributed by atoms with van der Waals surface area (Å²) in [6, 6.07) is 6.92. The third-order valence-corrected chi connectivity index (χ3v) is 4.84.